The first-order chi connectivity index (χ1) is 8.90. The minimum atomic E-state index is -0.370. The van der Waals surface area contributed by atoms with Crippen LogP contribution >= 0.6 is 0 Å². The summed E-state index contributed by atoms with van der Waals surface area (Å²) in [7, 11) is 3.09. The van der Waals surface area contributed by atoms with Gasteiger partial charge in [0, 0.05) is 33.1 Å². The maximum atomic E-state index is 12.3. The Morgan fingerprint density at radius 3 is 2.37 bits per heavy atom. The molecule has 7 heteroatoms. The maximum absolute atomic E-state index is 12.3. The average Bonchev–Trinajstić information content (AvgIpc) is 2.74. The molecule has 2 aromatic rings. The third-order valence-corrected chi connectivity index (χ3v) is 3.25. The van der Waals surface area contributed by atoms with Crippen LogP contribution in [0.1, 0.15) is 25.6 Å². The highest BCUT2D eigenvalue weighted by atomic mass is 16.2. The van der Waals surface area contributed by atoms with Crippen molar-refractivity contribution in [1.82, 2.24) is 18.7 Å². The molecule has 0 amide bonds. The van der Waals surface area contributed by atoms with Gasteiger partial charge >= 0.3 is 5.69 Å². The van der Waals surface area contributed by atoms with Crippen LogP contribution in [0, 0.1) is 0 Å². The number of hydrogen-bond acceptors (Lipinski definition) is 4. The van der Waals surface area contributed by atoms with Gasteiger partial charge in [-0.15, -0.1) is 0 Å². The summed E-state index contributed by atoms with van der Waals surface area (Å²) in [6.07, 6.45) is 0. The van der Waals surface area contributed by atoms with Crippen LogP contribution in [0.3, 0.4) is 0 Å². The van der Waals surface area contributed by atoms with Crippen LogP contribution in [0.5, 0.6) is 0 Å². The molecule has 0 aliphatic carbocycles. The van der Waals surface area contributed by atoms with E-state index in [2.05, 4.69) is 4.98 Å². The van der Waals surface area contributed by atoms with Gasteiger partial charge in [0.1, 0.15) is 5.82 Å². The van der Waals surface area contributed by atoms with Crippen molar-refractivity contribution in [3.05, 3.63) is 26.7 Å². The normalized spacial score (nSPS) is 11.7. The van der Waals surface area contributed by atoms with Crippen molar-refractivity contribution in [3.63, 3.8) is 0 Å². The van der Waals surface area contributed by atoms with Gasteiger partial charge in [0.15, 0.2) is 11.2 Å². The summed E-state index contributed by atoms with van der Waals surface area (Å²) in [6.45, 7) is 4.92. The number of imidazole rings is 1. The predicted molar refractivity (Wildman–Crippen MR) is 73.4 cm³/mol. The second-order valence-corrected chi connectivity index (χ2v) is 4.94. The number of nitrogens with two attached hydrogens (primary N) is 1. The molecule has 7 nitrogen and oxygen atoms in total. The summed E-state index contributed by atoms with van der Waals surface area (Å²) in [5, 5.41) is 0. The van der Waals surface area contributed by atoms with Crippen LogP contribution < -0.4 is 17.0 Å². The third-order valence-electron chi connectivity index (χ3n) is 3.25. The van der Waals surface area contributed by atoms with Gasteiger partial charge in [0.05, 0.1) is 0 Å². The van der Waals surface area contributed by atoms with Gasteiger partial charge in [0.25, 0.3) is 5.56 Å². The lowest BCUT2D eigenvalue weighted by molar-refractivity contribution is 0.637. The molecule has 0 aromatic carbocycles. The molecular weight excluding hydrogens is 246 g/mol. The van der Waals surface area contributed by atoms with E-state index in [1.807, 2.05) is 18.4 Å². The maximum Gasteiger partial charge on any atom is 0.332 e. The SMILES string of the molecule is CC(C)c1nc2c(c(=O)n(C)c(=O)n2C)n1CCN. The Labute approximate surface area is 110 Å². The second-order valence-electron chi connectivity index (χ2n) is 4.94. The number of rotatable bonds is 3. The number of hydrogen-bond donors (Lipinski definition) is 1. The van der Waals surface area contributed by atoms with Gasteiger partial charge in [0.2, 0.25) is 0 Å². The Kier molecular flexibility index (Phi) is 3.32. The van der Waals surface area contributed by atoms with Crippen LogP contribution in [0.2, 0.25) is 0 Å². The van der Waals surface area contributed by atoms with Crippen molar-refractivity contribution < 1.29 is 0 Å². The lowest BCUT2D eigenvalue weighted by Gasteiger charge is -2.09. The van der Waals surface area contributed by atoms with E-state index in [9.17, 15) is 9.59 Å². The van der Waals surface area contributed by atoms with Crippen molar-refractivity contribution in [2.24, 2.45) is 19.8 Å². The molecule has 0 saturated heterocycles. The van der Waals surface area contributed by atoms with Crippen molar-refractivity contribution in [1.29, 1.82) is 0 Å². The smallest absolute Gasteiger partial charge is 0.329 e. The predicted octanol–water partition coefficient (Wildman–Crippen LogP) is -0.484. The van der Waals surface area contributed by atoms with Gasteiger partial charge in [-0.2, -0.15) is 0 Å². The number of nitrogens with zero attached hydrogens (tertiary/aromatic N) is 4. The van der Waals surface area contributed by atoms with Crippen molar-refractivity contribution in [2.75, 3.05) is 6.54 Å². The van der Waals surface area contributed by atoms with Crippen LogP contribution in [0.25, 0.3) is 11.2 Å². The quantitative estimate of drug-likeness (QED) is 0.811. The molecule has 2 N–H and O–H groups in total. The largest absolute Gasteiger partial charge is 0.332 e. The minimum Gasteiger partial charge on any atom is -0.329 e. The topological polar surface area (TPSA) is 87.8 Å². The molecule has 0 spiro atoms. The van der Waals surface area contributed by atoms with Crippen molar-refractivity contribution in [2.45, 2.75) is 26.3 Å². The van der Waals surface area contributed by atoms with Gasteiger partial charge in [-0.1, -0.05) is 13.8 Å². The fraction of sp³-hybridized carbons (Fsp3) is 0.583. The third kappa shape index (κ3) is 1.90. The Hall–Kier alpha value is -1.89. The summed E-state index contributed by atoms with van der Waals surface area (Å²) in [4.78, 5) is 28.6. The molecule has 2 aromatic heterocycles. The first kappa shape index (κ1) is 13.5. The van der Waals surface area contributed by atoms with E-state index in [4.69, 9.17) is 5.73 Å². The molecule has 0 fully saturated rings. The van der Waals surface area contributed by atoms with Crippen LogP contribution in [-0.2, 0) is 20.6 Å². The zero-order valence-corrected chi connectivity index (χ0v) is 11.7. The molecule has 104 valence electrons. The van der Waals surface area contributed by atoms with Gasteiger partial charge in [-0.3, -0.25) is 13.9 Å². The van der Waals surface area contributed by atoms with Crippen LogP contribution in [-0.4, -0.2) is 25.2 Å². The summed E-state index contributed by atoms with van der Waals surface area (Å²) >= 11 is 0. The lowest BCUT2D eigenvalue weighted by Crippen LogP contribution is -2.37. The van der Waals surface area contributed by atoms with Crippen LogP contribution in [0.4, 0.5) is 0 Å². The highest BCUT2D eigenvalue weighted by Crippen LogP contribution is 2.18. The molecular formula is C12H19N5O2. The first-order valence-electron chi connectivity index (χ1n) is 6.26. The number of fused-ring (bicyclic) bond motifs is 1. The van der Waals surface area contributed by atoms with Gasteiger partial charge in [-0.05, 0) is 0 Å². The monoisotopic (exact) mass is 265 g/mol. The first-order valence-corrected chi connectivity index (χ1v) is 6.26. The Morgan fingerprint density at radius 2 is 1.84 bits per heavy atom. The van der Waals surface area contributed by atoms with Gasteiger partial charge in [-0.25, -0.2) is 9.78 Å². The second kappa shape index (κ2) is 4.65. The molecule has 0 saturated carbocycles. The average molecular weight is 265 g/mol. The highest BCUT2D eigenvalue weighted by Gasteiger charge is 2.19. The molecule has 0 unspecified atom stereocenters. The van der Waals surface area contributed by atoms with Crippen molar-refractivity contribution in [3.8, 4) is 0 Å². The Balaban J connectivity index is 3.01. The standard InChI is InChI=1S/C12H19N5O2/c1-7(2)9-14-10-8(17(9)6-5-13)11(18)16(4)12(19)15(10)3/h7H,5-6,13H2,1-4H3. The lowest BCUT2D eigenvalue weighted by atomic mass is 10.2. The van der Waals surface area contributed by atoms with E-state index < -0.39 is 0 Å². The number of aryl methyl sites for hydroxylation is 1. The summed E-state index contributed by atoms with van der Waals surface area (Å²) in [6, 6.07) is 0. The van der Waals surface area contributed by atoms with E-state index >= 15 is 0 Å². The zero-order chi connectivity index (χ0) is 14.3. The van der Waals surface area contributed by atoms with E-state index in [0.29, 0.717) is 24.3 Å². The fourth-order valence-corrected chi connectivity index (χ4v) is 2.26. The molecule has 0 radical (unpaired) electrons. The molecule has 2 heterocycles. The molecule has 0 bridgehead atoms. The number of aromatic nitrogens is 4. The summed E-state index contributed by atoms with van der Waals surface area (Å²) in [5.41, 5.74) is 5.78. The van der Waals surface area contributed by atoms with Crippen LogP contribution in [0.15, 0.2) is 9.59 Å². The molecule has 0 aliphatic heterocycles. The van der Waals surface area contributed by atoms with E-state index in [-0.39, 0.29) is 17.2 Å². The van der Waals surface area contributed by atoms with E-state index in [1.165, 1.54) is 11.6 Å². The van der Waals surface area contributed by atoms with Crippen molar-refractivity contribution >= 4 is 11.2 Å². The van der Waals surface area contributed by atoms with E-state index in [1.54, 1.807) is 7.05 Å². The van der Waals surface area contributed by atoms with Gasteiger partial charge < -0.3 is 10.3 Å². The molecule has 2 rings (SSSR count). The highest BCUT2D eigenvalue weighted by molar-refractivity contribution is 5.71. The van der Waals surface area contributed by atoms with E-state index in [0.717, 1.165) is 10.4 Å². The zero-order valence-electron chi connectivity index (χ0n) is 11.7. The Bertz CT molecular complexity index is 735. The fourth-order valence-electron chi connectivity index (χ4n) is 2.26. The summed E-state index contributed by atoms with van der Waals surface area (Å²) < 4.78 is 4.32. The molecule has 19 heavy (non-hydrogen) atoms. The minimum absolute atomic E-state index is 0.152. The molecule has 0 aliphatic rings. The summed E-state index contributed by atoms with van der Waals surface area (Å²) in [5.74, 6) is 0.928. The Morgan fingerprint density at radius 1 is 1.21 bits per heavy atom. The molecule has 0 atom stereocenters.